The van der Waals surface area contributed by atoms with Crippen LogP contribution < -0.4 is 0 Å². The molecule has 0 aromatic carbocycles. The topological polar surface area (TPSA) is 107 Å². The molecule has 0 aromatic heterocycles. The number of rotatable bonds is 16. The molecule has 30 heavy (non-hydrogen) atoms. The maximum Gasteiger partial charge on any atom is 0.333 e. The smallest absolute Gasteiger partial charge is 0.333 e. The van der Waals surface area contributed by atoms with E-state index in [0.29, 0.717) is 57.4 Å². The van der Waals surface area contributed by atoms with E-state index < -0.39 is 11.9 Å². The van der Waals surface area contributed by atoms with Gasteiger partial charge in [-0.1, -0.05) is 19.7 Å². The molecule has 0 saturated heterocycles. The van der Waals surface area contributed by atoms with Crippen LogP contribution in [0.1, 0.15) is 20.8 Å². The first-order chi connectivity index (χ1) is 14.3. The Morgan fingerprint density at radius 2 is 1.00 bits per heavy atom. The van der Waals surface area contributed by atoms with E-state index in [1.54, 1.807) is 20.8 Å². The van der Waals surface area contributed by atoms with E-state index in [9.17, 15) is 14.4 Å². The van der Waals surface area contributed by atoms with Gasteiger partial charge in [-0.2, -0.15) is 0 Å². The van der Waals surface area contributed by atoms with Crippen molar-refractivity contribution in [3.05, 3.63) is 37.0 Å². The Kier molecular flexibility index (Phi) is 21.0. The Morgan fingerprint density at radius 1 is 0.667 bits per heavy atom. The summed E-state index contributed by atoms with van der Waals surface area (Å²) < 4.78 is 29.8. The summed E-state index contributed by atoms with van der Waals surface area (Å²) in [6.07, 6.45) is 1.14. The Labute approximate surface area is 178 Å². The quantitative estimate of drug-likeness (QED) is 0.157. The highest BCUT2D eigenvalue weighted by molar-refractivity contribution is 5.87. The molecule has 0 radical (unpaired) electrons. The van der Waals surface area contributed by atoms with Gasteiger partial charge in [0.1, 0.15) is 13.2 Å². The van der Waals surface area contributed by atoms with E-state index in [2.05, 4.69) is 24.5 Å². The Hall–Kier alpha value is -2.49. The molecule has 0 spiro atoms. The minimum absolute atomic E-state index is 0.192. The molecule has 0 unspecified atom stereocenters. The van der Waals surface area contributed by atoms with Gasteiger partial charge in [0.05, 0.1) is 46.2 Å². The minimum atomic E-state index is -0.420. The number of hydrogen-bond donors (Lipinski definition) is 0. The summed E-state index contributed by atoms with van der Waals surface area (Å²) in [4.78, 5) is 32.2. The third kappa shape index (κ3) is 21.8. The average Bonchev–Trinajstić information content (AvgIpc) is 2.71. The van der Waals surface area contributed by atoms with Gasteiger partial charge in [-0.05, 0) is 20.8 Å². The van der Waals surface area contributed by atoms with Crippen molar-refractivity contribution in [3.63, 3.8) is 0 Å². The number of ether oxygens (including phenoxy) is 6. The van der Waals surface area contributed by atoms with Crippen molar-refractivity contribution in [1.29, 1.82) is 0 Å². The second-order valence-electron chi connectivity index (χ2n) is 5.63. The highest BCUT2D eigenvalue weighted by atomic mass is 16.6. The summed E-state index contributed by atoms with van der Waals surface area (Å²) in [5.74, 6) is -1.20. The fourth-order valence-electron chi connectivity index (χ4n) is 1.38. The third-order valence-electron chi connectivity index (χ3n) is 2.82. The van der Waals surface area contributed by atoms with Crippen LogP contribution in [0.5, 0.6) is 0 Å². The molecule has 0 aromatic rings. The standard InChI is InChI=1S/C16H26O7.C5H8O2/c1-13(2)15(17)22-11-9-20-7-5-19-6-8-21-10-12-23-16(18)14(3)4;1-3-5(6)7-4-2/h1,3,5-12H2,2,4H3;3H,1,4H2,2H3. The number of carbonyl (C=O) groups excluding carboxylic acids is 3. The van der Waals surface area contributed by atoms with Crippen molar-refractivity contribution in [2.45, 2.75) is 20.8 Å². The van der Waals surface area contributed by atoms with Gasteiger partial charge in [0.15, 0.2) is 0 Å². The minimum Gasteiger partial charge on any atom is -0.463 e. The monoisotopic (exact) mass is 430 g/mol. The maximum absolute atomic E-state index is 11.0. The van der Waals surface area contributed by atoms with E-state index in [-0.39, 0.29) is 19.2 Å². The van der Waals surface area contributed by atoms with Crippen molar-refractivity contribution in [1.82, 2.24) is 0 Å². The highest BCUT2D eigenvalue weighted by Crippen LogP contribution is 1.92. The first-order valence-electron chi connectivity index (χ1n) is 9.43. The van der Waals surface area contributed by atoms with Crippen LogP contribution in [-0.4, -0.2) is 77.4 Å². The summed E-state index contributed by atoms with van der Waals surface area (Å²) in [5.41, 5.74) is 0.727. The maximum atomic E-state index is 11.0. The number of esters is 3. The summed E-state index contributed by atoms with van der Waals surface area (Å²) in [6.45, 7) is 18.1. The van der Waals surface area contributed by atoms with Gasteiger partial charge in [-0.15, -0.1) is 0 Å². The fourth-order valence-corrected chi connectivity index (χ4v) is 1.38. The molecule has 0 amide bonds. The van der Waals surface area contributed by atoms with E-state index in [1.807, 2.05) is 0 Å². The fraction of sp³-hybridized carbons (Fsp3) is 0.571. The normalized spacial score (nSPS) is 9.57. The molecule has 0 aliphatic rings. The molecule has 0 atom stereocenters. The van der Waals surface area contributed by atoms with Crippen LogP contribution in [0, 0.1) is 0 Å². The Morgan fingerprint density at radius 3 is 1.23 bits per heavy atom. The van der Waals surface area contributed by atoms with Crippen LogP contribution in [0.3, 0.4) is 0 Å². The summed E-state index contributed by atoms with van der Waals surface area (Å²) in [6, 6.07) is 0. The van der Waals surface area contributed by atoms with Gasteiger partial charge in [0.2, 0.25) is 0 Å². The van der Waals surface area contributed by atoms with E-state index in [0.717, 1.165) is 6.08 Å². The first kappa shape index (κ1) is 29.7. The molecule has 0 aliphatic carbocycles. The van der Waals surface area contributed by atoms with Gasteiger partial charge < -0.3 is 28.4 Å². The van der Waals surface area contributed by atoms with Gasteiger partial charge >= 0.3 is 17.9 Å². The largest absolute Gasteiger partial charge is 0.463 e. The molecule has 0 saturated carbocycles. The Balaban J connectivity index is 0. The molecule has 0 heterocycles. The van der Waals surface area contributed by atoms with Crippen LogP contribution >= 0.6 is 0 Å². The lowest BCUT2D eigenvalue weighted by atomic mass is 10.4. The van der Waals surface area contributed by atoms with Crippen LogP contribution in [0.25, 0.3) is 0 Å². The van der Waals surface area contributed by atoms with E-state index >= 15 is 0 Å². The molecule has 0 fully saturated rings. The van der Waals surface area contributed by atoms with Crippen LogP contribution in [0.4, 0.5) is 0 Å². The predicted molar refractivity (Wildman–Crippen MR) is 111 cm³/mol. The Bertz CT molecular complexity index is 505. The molecular formula is C21H34O9. The van der Waals surface area contributed by atoms with Gasteiger partial charge in [-0.3, -0.25) is 0 Å². The lowest BCUT2D eigenvalue weighted by Gasteiger charge is -2.08. The zero-order chi connectivity index (χ0) is 23.2. The summed E-state index contributed by atoms with van der Waals surface area (Å²) in [5, 5.41) is 0. The molecule has 0 aliphatic heterocycles. The molecular weight excluding hydrogens is 396 g/mol. The number of carbonyl (C=O) groups is 3. The third-order valence-corrected chi connectivity index (χ3v) is 2.82. The van der Waals surface area contributed by atoms with Crippen molar-refractivity contribution < 1.29 is 42.8 Å². The van der Waals surface area contributed by atoms with Gasteiger partial charge in [0, 0.05) is 17.2 Å². The van der Waals surface area contributed by atoms with E-state index in [4.69, 9.17) is 23.7 Å². The molecule has 172 valence electrons. The van der Waals surface area contributed by atoms with Crippen LogP contribution in [-0.2, 0) is 42.8 Å². The molecule has 0 rings (SSSR count). The molecule has 0 bridgehead atoms. The van der Waals surface area contributed by atoms with E-state index in [1.165, 1.54) is 0 Å². The molecule has 9 nitrogen and oxygen atoms in total. The van der Waals surface area contributed by atoms with Gasteiger partial charge in [0.25, 0.3) is 0 Å². The lowest BCUT2D eigenvalue weighted by Crippen LogP contribution is -2.15. The van der Waals surface area contributed by atoms with Crippen LogP contribution in [0.2, 0.25) is 0 Å². The average molecular weight is 430 g/mol. The molecule has 0 N–H and O–H groups in total. The second kappa shape index (κ2) is 21.2. The molecule has 9 heteroatoms. The summed E-state index contributed by atoms with van der Waals surface area (Å²) in [7, 11) is 0. The number of hydrogen-bond acceptors (Lipinski definition) is 9. The zero-order valence-electron chi connectivity index (χ0n) is 18.2. The lowest BCUT2D eigenvalue weighted by molar-refractivity contribution is -0.141. The zero-order valence-corrected chi connectivity index (χ0v) is 18.2. The predicted octanol–water partition coefficient (Wildman–Crippen LogP) is 2.01. The van der Waals surface area contributed by atoms with Gasteiger partial charge in [-0.25, -0.2) is 14.4 Å². The van der Waals surface area contributed by atoms with Crippen molar-refractivity contribution in [2.24, 2.45) is 0 Å². The summed E-state index contributed by atoms with van der Waals surface area (Å²) >= 11 is 0. The van der Waals surface area contributed by atoms with Crippen molar-refractivity contribution >= 4 is 17.9 Å². The first-order valence-corrected chi connectivity index (χ1v) is 9.43. The highest BCUT2D eigenvalue weighted by Gasteiger charge is 2.02. The van der Waals surface area contributed by atoms with Crippen molar-refractivity contribution in [2.75, 3.05) is 59.5 Å². The second-order valence-corrected chi connectivity index (χ2v) is 5.63. The van der Waals surface area contributed by atoms with Crippen LogP contribution in [0.15, 0.2) is 37.0 Å². The van der Waals surface area contributed by atoms with Crippen molar-refractivity contribution in [3.8, 4) is 0 Å². The SMILES string of the molecule is C=C(C)C(=O)OCCOCCOCCOCCOC(=O)C(=C)C.C=CC(=O)OCC.